The van der Waals surface area contributed by atoms with E-state index in [0.717, 1.165) is 44.3 Å². The van der Waals surface area contributed by atoms with E-state index in [1.165, 1.54) is 5.56 Å². The van der Waals surface area contributed by atoms with Gasteiger partial charge in [0.25, 0.3) is 0 Å². The summed E-state index contributed by atoms with van der Waals surface area (Å²) in [5.41, 5.74) is 1.51. The summed E-state index contributed by atoms with van der Waals surface area (Å²) >= 11 is 0. The first-order valence-corrected chi connectivity index (χ1v) is 11.4. The number of hydrogen-bond donors (Lipinski definition) is 0. The molecule has 2 fully saturated rings. The third kappa shape index (κ3) is 4.92. The summed E-state index contributed by atoms with van der Waals surface area (Å²) in [4.78, 5) is 29.9. The molecule has 0 aromatic heterocycles. The molecule has 4 rings (SSSR count). The first kappa shape index (κ1) is 21.4. The number of nitrogens with zero attached hydrogens (tertiary/aromatic N) is 2. The number of likely N-dealkylation sites (tertiary alicyclic amines) is 2. The molecule has 0 N–H and O–H groups in total. The Bertz CT molecular complexity index is 878. The Morgan fingerprint density at radius 2 is 1.55 bits per heavy atom. The van der Waals surface area contributed by atoms with Crippen LogP contribution in [0.2, 0.25) is 0 Å². The summed E-state index contributed by atoms with van der Waals surface area (Å²) in [6, 6.07) is 20.2. The number of hydrogen-bond acceptors (Lipinski definition) is 3. The molecule has 2 heterocycles. The summed E-state index contributed by atoms with van der Waals surface area (Å²) in [5, 5.41) is 0. The van der Waals surface area contributed by atoms with Crippen LogP contribution >= 0.6 is 0 Å². The van der Waals surface area contributed by atoms with Crippen LogP contribution < -0.4 is 0 Å². The second-order valence-electron chi connectivity index (χ2n) is 8.99. The van der Waals surface area contributed by atoms with Crippen molar-refractivity contribution in [3.8, 4) is 0 Å². The summed E-state index contributed by atoms with van der Waals surface area (Å²) in [7, 11) is 0. The van der Waals surface area contributed by atoms with Gasteiger partial charge in [-0.25, -0.2) is 4.79 Å². The third-order valence-electron chi connectivity index (χ3n) is 6.80. The van der Waals surface area contributed by atoms with Gasteiger partial charge in [0.2, 0.25) is 5.91 Å². The van der Waals surface area contributed by atoms with Crippen LogP contribution in [0.25, 0.3) is 0 Å². The van der Waals surface area contributed by atoms with Gasteiger partial charge in [0.1, 0.15) is 12.1 Å². The van der Waals surface area contributed by atoms with Crippen LogP contribution in [0.4, 0.5) is 4.79 Å². The van der Waals surface area contributed by atoms with E-state index in [1.54, 1.807) is 4.90 Å². The molecule has 0 radical (unpaired) electrons. The van der Waals surface area contributed by atoms with Gasteiger partial charge in [0.05, 0.1) is 0 Å². The first-order valence-electron chi connectivity index (χ1n) is 11.4. The van der Waals surface area contributed by atoms with Crippen molar-refractivity contribution in [3.05, 3.63) is 71.8 Å². The number of rotatable bonds is 5. The smallest absolute Gasteiger partial charge is 0.410 e. The topological polar surface area (TPSA) is 49.9 Å². The number of ether oxygens (including phenoxy) is 1. The Balaban J connectivity index is 1.33. The molecule has 0 aliphatic carbocycles. The molecule has 2 aromatic rings. The summed E-state index contributed by atoms with van der Waals surface area (Å²) in [5.74, 6) is 0.676. The number of carbonyl (C=O) groups is 2. The minimum atomic E-state index is -0.806. The van der Waals surface area contributed by atoms with E-state index in [-0.39, 0.29) is 12.5 Å². The lowest BCUT2D eigenvalue weighted by Gasteiger charge is -2.40. The molecule has 0 spiro atoms. The maximum absolute atomic E-state index is 13.5. The van der Waals surface area contributed by atoms with E-state index >= 15 is 0 Å². The Hall–Kier alpha value is -2.82. The van der Waals surface area contributed by atoms with Gasteiger partial charge in [-0.2, -0.15) is 0 Å². The molecule has 164 valence electrons. The summed E-state index contributed by atoms with van der Waals surface area (Å²) in [6.07, 6.45) is 4.21. The van der Waals surface area contributed by atoms with E-state index in [4.69, 9.17) is 4.74 Å². The normalized spacial score (nSPS) is 21.8. The fourth-order valence-electron chi connectivity index (χ4n) is 4.90. The lowest BCUT2D eigenvalue weighted by molar-refractivity contribution is -0.142. The number of piperidine rings is 1. The molecule has 2 aliphatic heterocycles. The summed E-state index contributed by atoms with van der Waals surface area (Å²) < 4.78 is 5.54. The zero-order valence-corrected chi connectivity index (χ0v) is 18.3. The zero-order chi connectivity index (χ0) is 21.7. The number of carbonyl (C=O) groups excluding carboxylic acids is 2. The predicted molar refractivity (Wildman–Crippen MR) is 120 cm³/mol. The van der Waals surface area contributed by atoms with Crippen LogP contribution in [0.3, 0.4) is 0 Å². The van der Waals surface area contributed by atoms with Gasteiger partial charge >= 0.3 is 6.09 Å². The van der Waals surface area contributed by atoms with Crippen LogP contribution in [0.15, 0.2) is 60.7 Å². The van der Waals surface area contributed by atoms with Crippen molar-refractivity contribution in [1.29, 1.82) is 0 Å². The van der Waals surface area contributed by atoms with Crippen molar-refractivity contribution < 1.29 is 14.3 Å². The van der Waals surface area contributed by atoms with Crippen molar-refractivity contribution >= 4 is 12.0 Å². The van der Waals surface area contributed by atoms with Crippen molar-refractivity contribution in [1.82, 2.24) is 9.80 Å². The Kier molecular flexibility index (Phi) is 6.59. The van der Waals surface area contributed by atoms with Crippen molar-refractivity contribution in [2.24, 2.45) is 5.92 Å². The largest absolute Gasteiger partial charge is 0.445 e. The van der Waals surface area contributed by atoms with Gasteiger partial charge in [0, 0.05) is 19.6 Å². The minimum Gasteiger partial charge on any atom is -0.445 e. The second-order valence-corrected chi connectivity index (χ2v) is 8.99. The lowest BCUT2D eigenvalue weighted by Crippen LogP contribution is -2.57. The molecule has 0 bridgehead atoms. The van der Waals surface area contributed by atoms with Gasteiger partial charge < -0.3 is 9.64 Å². The molecule has 1 unspecified atom stereocenters. The predicted octanol–water partition coefficient (Wildman–Crippen LogP) is 4.66. The van der Waals surface area contributed by atoms with Crippen molar-refractivity contribution in [2.75, 3.05) is 19.6 Å². The van der Waals surface area contributed by atoms with Crippen LogP contribution in [0.5, 0.6) is 0 Å². The van der Waals surface area contributed by atoms with Crippen molar-refractivity contribution in [2.45, 2.75) is 51.2 Å². The van der Waals surface area contributed by atoms with Gasteiger partial charge in [-0.15, -0.1) is 0 Å². The highest BCUT2D eigenvalue weighted by molar-refractivity contribution is 5.90. The molecule has 2 aliphatic rings. The average Bonchev–Trinajstić information content (AvgIpc) is 3.22. The molecule has 5 nitrogen and oxygen atoms in total. The van der Waals surface area contributed by atoms with E-state index in [2.05, 4.69) is 24.3 Å². The van der Waals surface area contributed by atoms with Crippen LogP contribution in [-0.2, 0) is 22.6 Å². The average molecular weight is 421 g/mol. The van der Waals surface area contributed by atoms with Gasteiger partial charge in [-0.3, -0.25) is 9.69 Å². The van der Waals surface area contributed by atoms with E-state index in [9.17, 15) is 9.59 Å². The van der Waals surface area contributed by atoms with Gasteiger partial charge in [-0.1, -0.05) is 60.7 Å². The SMILES string of the molecule is CC1(C(=O)N2CCC(Cc3ccccc3)CC2)CCCN1C(=O)OCc1ccccc1. The highest BCUT2D eigenvalue weighted by Gasteiger charge is 2.48. The lowest BCUT2D eigenvalue weighted by atomic mass is 9.88. The zero-order valence-electron chi connectivity index (χ0n) is 18.3. The maximum atomic E-state index is 13.5. The first-order chi connectivity index (χ1) is 15.1. The fourth-order valence-corrected chi connectivity index (χ4v) is 4.90. The highest BCUT2D eigenvalue weighted by Crippen LogP contribution is 2.33. The van der Waals surface area contributed by atoms with E-state index < -0.39 is 11.6 Å². The molecule has 2 aromatic carbocycles. The molecule has 2 saturated heterocycles. The molecular formula is C26H32N2O3. The monoisotopic (exact) mass is 420 g/mol. The van der Waals surface area contributed by atoms with Crippen LogP contribution in [-0.4, -0.2) is 47.0 Å². The Labute approximate surface area is 185 Å². The minimum absolute atomic E-state index is 0.0693. The molecule has 0 saturated carbocycles. The third-order valence-corrected chi connectivity index (χ3v) is 6.80. The van der Waals surface area contributed by atoms with E-state index in [0.29, 0.717) is 18.9 Å². The van der Waals surface area contributed by atoms with Gasteiger partial charge in [-0.05, 0) is 56.1 Å². The van der Waals surface area contributed by atoms with Gasteiger partial charge in [0.15, 0.2) is 0 Å². The molecule has 2 amide bonds. The number of amides is 2. The Morgan fingerprint density at radius 1 is 0.935 bits per heavy atom. The van der Waals surface area contributed by atoms with E-state index in [1.807, 2.05) is 48.2 Å². The summed E-state index contributed by atoms with van der Waals surface area (Å²) in [6.45, 7) is 4.23. The molecule has 1 atom stereocenters. The standard InChI is InChI=1S/C26H32N2O3/c1-26(15-8-16-28(26)25(30)31-20-23-11-6-3-7-12-23)24(29)27-17-13-22(14-18-27)19-21-9-4-2-5-10-21/h2-7,9-12,22H,8,13-20H2,1H3. The quantitative estimate of drug-likeness (QED) is 0.707. The fraction of sp³-hybridized carbons (Fsp3) is 0.462. The maximum Gasteiger partial charge on any atom is 0.410 e. The van der Waals surface area contributed by atoms with Crippen molar-refractivity contribution in [3.63, 3.8) is 0 Å². The Morgan fingerprint density at radius 3 is 2.19 bits per heavy atom. The van der Waals surface area contributed by atoms with Crippen LogP contribution in [0, 0.1) is 5.92 Å². The van der Waals surface area contributed by atoms with Crippen LogP contribution in [0.1, 0.15) is 43.7 Å². The molecule has 31 heavy (non-hydrogen) atoms. The molecular weight excluding hydrogens is 388 g/mol. The molecule has 5 heteroatoms. The number of benzene rings is 2. The second kappa shape index (κ2) is 9.54. The highest BCUT2D eigenvalue weighted by atomic mass is 16.6.